The Morgan fingerprint density at radius 2 is 1.53 bits per heavy atom. The van der Waals surface area contributed by atoms with Gasteiger partial charge in [-0.25, -0.2) is 8.42 Å². The number of amides is 1. The first-order valence-corrected chi connectivity index (χ1v) is 13.2. The van der Waals surface area contributed by atoms with E-state index < -0.39 is 22.5 Å². The fourth-order valence-electron chi connectivity index (χ4n) is 4.16. The zero-order chi connectivity index (χ0) is 25.5. The summed E-state index contributed by atoms with van der Waals surface area (Å²) < 4.78 is 44.8. The topological polar surface area (TPSA) is 94.2 Å². The number of carbonyl (C=O) groups excluding carboxylic acids is 1. The molecule has 190 valence electrons. The van der Waals surface area contributed by atoms with E-state index in [-0.39, 0.29) is 16.7 Å². The van der Waals surface area contributed by atoms with E-state index in [1.165, 1.54) is 39.2 Å². The second-order valence-corrected chi connectivity index (χ2v) is 10.3. The minimum Gasteiger partial charge on any atom is -0.497 e. The molecule has 1 saturated carbocycles. The minimum atomic E-state index is -4.10. The van der Waals surface area contributed by atoms with Crippen molar-refractivity contribution in [3.05, 3.63) is 72.8 Å². The lowest BCUT2D eigenvalue weighted by Crippen LogP contribution is -2.38. The molecular weight excluding hydrogens is 480 g/mol. The fraction of sp³-hybridized carbons (Fsp3) is 0.296. The van der Waals surface area contributed by atoms with Gasteiger partial charge in [0.05, 0.1) is 30.9 Å². The van der Waals surface area contributed by atoms with Crippen LogP contribution in [0.2, 0.25) is 0 Å². The Kier molecular flexibility index (Phi) is 8.00. The first kappa shape index (κ1) is 25.4. The summed E-state index contributed by atoms with van der Waals surface area (Å²) in [6.07, 6.45) is 4.71. The summed E-state index contributed by atoms with van der Waals surface area (Å²) in [5, 5.41) is 2.78. The van der Waals surface area contributed by atoms with Gasteiger partial charge in [-0.1, -0.05) is 12.1 Å². The van der Waals surface area contributed by atoms with Crippen molar-refractivity contribution in [3.63, 3.8) is 0 Å². The number of nitrogens with one attached hydrogen (secondary N) is 1. The number of rotatable bonds is 10. The summed E-state index contributed by atoms with van der Waals surface area (Å²) in [5.41, 5.74) is 0.798. The molecule has 0 aromatic heterocycles. The summed E-state index contributed by atoms with van der Waals surface area (Å²) in [5.74, 6) is 1.10. The molecule has 1 N–H and O–H groups in total. The Bertz CT molecular complexity index is 1270. The van der Waals surface area contributed by atoms with Gasteiger partial charge in [-0.15, -0.1) is 0 Å². The molecule has 4 rings (SSSR count). The summed E-state index contributed by atoms with van der Waals surface area (Å²) in [7, 11) is -1.15. The first-order valence-electron chi connectivity index (χ1n) is 11.8. The second kappa shape index (κ2) is 11.3. The molecule has 0 unspecified atom stereocenters. The van der Waals surface area contributed by atoms with Crippen molar-refractivity contribution in [2.75, 3.05) is 30.4 Å². The van der Waals surface area contributed by atoms with Crippen LogP contribution in [0.5, 0.6) is 17.2 Å². The molecule has 0 saturated heterocycles. The third kappa shape index (κ3) is 5.91. The predicted molar refractivity (Wildman–Crippen MR) is 138 cm³/mol. The van der Waals surface area contributed by atoms with E-state index in [0.717, 1.165) is 22.9 Å². The summed E-state index contributed by atoms with van der Waals surface area (Å²) >= 11 is 0. The number of hydrogen-bond acceptors (Lipinski definition) is 6. The highest BCUT2D eigenvalue weighted by atomic mass is 32.2. The van der Waals surface area contributed by atoms with E-state index in [9.17, 15) is 13.2 Å². The van der Waals surface area contributed by atoms with Gasteiger partial charge in [0.2, 0.25) is 5.91 Å². The molecule has 0 aliphatic heterocycles. The van der Waals surface area contributed by atoms with Gasteiger partial charge in [0.25, 0.3) is 10.0 Å². The van der Waals surface area contributed by atoms with Gasteiger partial charge in [-0.2, -0.15) is 0 Å². The highest BCUT2D eigenvalue weighted by Gasteiger charge is 2.29. The fourth-order valence-corrected chi connectivity index (χ4v) is 5.59. The molecule has 1 aliphatic carbocycles. The molecule has 3 aromatic carbocycles. The van der Waals surface area contributed by atoms with Gasteiger partial charge in [0, 0.05) is 5.69 Å². The molecule has 3 aromatic rings. The molecule has 0 bridgehead atoms. The number of ether oxygens (including phenoxy) is 3. The zero-order valence-corrected chi connectivity index (χ0v) is 21.2. The smallest absolute Gasteiger partial charge is 0.264 e. The van der Waals surface area contributed by atoms with Crippen molar-refractivity contribution in [1.29, 1.82) is 0 Å². The van der Waals surface area contributed by atoms with E-state index >= 15 is 0 Å². The number of hydrogen-bond donors (Lipinski definition) is 1. The zero-order valence-electron chi connectivity index (χ0n) is 20.3. The normalized spacial score (nSPS) is 13.7. The highest BCUT2D eigenvalue weighted by Crippen LogP contribution is 2.33. The Balaban J connectivity index is 1.55. The van der Waals surface area contributed by atoms with Gasteiger partial charge >= 0.3 is 0 Å². The van der Waals surface area contributed by atoms with Crippen LogP contribution in [-0.2, 0) is 14.8 Å². The third-order valence-corrected chi connectivity index (χ3v) is 7.81. The number of nitrogens with zero attached hydrogens (tertiary/aromatic N) is 1. The van der Waals surface area contributed by atoms with E-state index in [2.05, 4.69) is 5.32 Å². The molecule has 9 heteroatoms. The van der Waals surface area contributed by atoms with Crippen LogP contribution in [0.15, 0.2) is 77.7 Å². The second-order valence-electron chi connectivity index (χ2n) is 8.46. The van der Waals surface area contributed by atoms with Gasteiger partial charge in [0.15, 0.2) is 0 Å². The van der Waals surface area contributed by atoms with Crippen molar-refractivity contribution < 1.29 is 27.4 Å². The van der Waals surface area contributed by atoms with Crippen LogP contribution in [0.1, 0.15) is 25.7 Å². The molecule has 1 aliphatic rings. The van der Waals surface area contributed by atoms with E-state index in [1.54, 1.807) is 60.7 Å². The summed E-state index contributed by atoms with van der Waals surface area (Å²) in [4.78, 5) is 13.1. The molecule has 36 heavy (non-hydrogen) atoms. The highest BCUT2D eigenvalue weighted by molar-refractivity contribution is 7.92. The van der Waals surface area contributed by atoms with Crippen molar-refractivity contribution in [2.45, 2.75) is 36.7 Å². The van der Waals surface area contributed by atoms with Gasteiger partial charge in [-0.3, -0.25) is 9.10 Å². The number of sulfonamides is 1. The van der Waals surface area contributed by atoms with Crippen LogP contribution in [0.25, 0.3) is 0 Å². The molecule has 0 spiro atoms. The first-order chi connectivity index (χ1) is 17.4. The number of carbonyl (C=O) groups is 1. The Labute approximate surface area is 211 Å². The van der Waals surface area contributed by atoms with E-state index in [0.29, 0.717) is 17.2 Å². The molecule has 0 atom stereocenters. The van der Waals surface area contributed by atoms with Crippen molar-refractivity contribution in [2.24, 2.45) is 0 Å². The predicted octanol–water partition coefficient (Wildman–Crippen LogP) is 4.86. The van der Waals surface area contributed by atoms with Crippen LogP contribution in [0, 0.1) is 0 Å². The van der Waals surface area contributed by atoms with Crippen molar-refractivity contribution >= 4 is 27.3 Å². The Morgan fingerprint density at radius 1 is 0.889 bits per heavy atom. The van der Waals surface area contributed by atoms with Crippen LogP contribution < -0.4 is 23.8 Å². The summed E-state index contributed by atoms with van der Waals surface area (Å²) in [6.45, 7) is -0.449. The lowest BCUT2D eigenvalue weighted by molar-refractivity contribution is -0.114. The standard InChI is InChI=1S/C27H30N2O6S/c1-33-21-15-17-24(18-16-21)36(31,32)29(25-9-5-6-10-26(25)34-2)19-27(30)28-20-11-13-23(14-12-20)35-22-7-3-4-8-22/h5-6,9-18,22H,3-4,7-8,19H2,1-2H3,(H,28,30). The maximum absolute atomic E-state index is 13.6. The SMILES string of the molecule is COc1ccc(S(=O)(=O)N(CC(=O)Nc2ccc(OC3CCCC3)cc2)c2ccccc2OC)cc1. The van der Waals surface area contributed by atoms with E-state index in [4.69, 9.17) is 14.2 Å². The molecule has 1 amide bonds. The van der Waals surface area contributed by atoms with Crippen LogP contribution in [-0.4, -0.2) is 41.2 Å². The van der Waals surface area contributed by atoms with Gasteiger partial charge in [-0.05, 0) is 86.3 Å². The monoisotopic (exact) mass is 510 g/mol. The summed E-state index contributed by atoms with van der Waals surface area (Å²) in [6, 6.07) is 19.8. The van der Waals surface area contributed by atoms with Crippen LogP contribution in [0.4, 0.5) is 11.4 Å². The average Bonchev–Trinajstić information content (AvgIpc) is 3.41. The molecule has 0 heterocycles. The molecular formula is C27H30N2O6S. The number of para-hydroxylation sites is 2. The lowest BCUT2D eigenvalue weighted by Gasteiger charge is -2.25. The maximum Gasteiger partial charge on any atom is 0.264 e. The lowest BCUT2D eigenvalue weighted by atomic mass is 10.2. The average molecular weight is 511 g/mol. The van der Waals surface area contributed by atoms with E-state index in [1.807, 2.05) is 0 Å². The van der Waals surface area contributed by atoms with Gasteiger partial charge < -0.3 is 19.5 Å². The number of benzene rings is 3. The Morgan fingerprint density at radius 3 is 2.17 bits per heavy atom. The van der Waals surface area contributed by atoms with Crippen LogP contribution in [0.3, 0.4) is 0 Å². The molecule has 1 fully saturated rings. The quantitative estimate of drug-likeness (QED) is 0.419. The van der Waals surface area contributed by atoms with Crippen LogP contribution >= 0.6 is 0 Å². The minimum absolute atomic E-state index is 0.0235. The molecule has 0 radical (unpaired) electrons. The largest absolute Gasteiger partial charge is 0.497 e. The third-order valence-electron chi connectivity index (χ3n) is 6.03. The molecule has 8 nitrogen and oxygen atoms in total. The van der Waals surface area contributed by atoms with Crippen molar-refractivity contribution in [3.8, 4) is 17.2 Å². The Hall–Kier alpha value is -3.72. The maximum atomic E-state index is 13.6. The number of anilines is 2. The van der Waals surface area contributed by atoms with Gasteiger partial charge in [0.1, 0.15) is 23.8 Å². The number of methoxy groups -OCH3 is 2. The van der Waals surface area contributed by atoms with Crippen molar-refractivity contribution in [1.82, 2.24) is 0 Å².